The van der Waals surface area contributed by atoms with Crippen molar-refractivity contribution in [3.8, 4) is 0 Å². The van der Waals surface area contributed by atoms with Crippen LogP contribution in [0.3, 0.4) is 0 Å². The molecule has 1 aliphatic carbocycles. The zero-order chi connectivity index (χ0) is 16.8. The van der Waals surface area contributed by atoms with Crippen LogP contribution in [-0.4, -0.2) is 17.6 Å². The molecule has 2 aromatic rings. The molecule has 1 aromatic carbocycles. The van der Waals surface area contributed by atoms with Gasteiger partial charge in [-0.1, -0.05) is 6.08 Å². The summed E-state index contributed by atoms with van der Waals surface area (Å²) in [6, 6.07) is 1.50. The van der Waals surface area contributed by atoms with Crippen molar-refractivity contribution in [3.05, 3.63) is 45.8 Å². The summed E-state index contributed by atoms with van der Waals surface area (Å²) in [6.07, 6.45) is 3.62. The minimum absolute atomic E-state index is 0.237. The molecule has 1 aliphatic rings. The number of aromatic nitrogens is 1. The Balaban J connectivity index is 2.28. The third-order valence-electron chi connectivity index (χ3n) is 4.71. The summed E-state index contributed by atoms with van der Waals surface area (Å²) in [6.45, 7) is 7.80. The quantitative estimate of drug-likeness (QED) is 0.617. The smallest absolute Gasteiger partial charge is 0.318 e. The molecule has 0 spiro atoms. The first kappa shape index (κ1) is 16.2. The van der Waals surface area contributed by atoms with Gasteiger partial charge in [0.25, 0.3) is 0 Å². The maximum absolute atomic E-state index is 14.1. The minimum Gasteiger partial charge on any atom is -0.465 e. The van der Waals surface area contributed by atoms with Gasteiger partial charge < -0.3 is 9.72 Å². The Morgan fingerprint density at radius 3 is 3.00 bits per heavy atom. The van der Waals surface area contributed by atoms with Gasteiger partial charge in [0, 0.05) is 11.1 Å². The number of H-pyrrole nitrogens is 1. The molecule has 0 fully saturated rings. The normalized spacial score (nSPS) is 19.8. The summed E-state index contributed by atoms with van der Waals surface area (Å²) >= 11 is 3.36. The number of carbonyl (C=O) groups is 1. The van der Waals surface area contributed by atoms with Crippen LogP contribution < -0.4 is 0 Å². The molecular weight excluding hydrogens is 361 g/mol. The fourth-order valence-corrected chi connectivity index (χ4v) is 4.20. The number of hydrogen-bond donors (Lipinski definition) is 1. The van der Waals surface area contributed by atoms with Crippen LogP contribution in [-0.2, 0) is 21.4 Å². The molecule has 3 rings (SSSR count). The van der Waals surface area contributed by atoms with Crippen molar-refractivity contribution in [2.45, 2.75) is 38.5 Å². The van der Waals surface area contributed by atoms with Crippen LogP contribution in [0.4, 0.5) is 4.39 Å². The summed E-state index contributed by atoms with van der Waals surface area (Å²) in [5, 5.41) is 0.840. The molecule has 1 atom stereocenters. The second kappa shape index (κ2) is 5.78. The lowest BCUT2D eigenvalue weighted by Gasteiger charge is -2.25. The van der Waals surface area contributed by atoms with E-state index in [-0.39, 0.29) is 11.8 Å². The van der Waals surface area contributed by atoms with Crippen molar-refractivity contribution in [2.75, 3.05) is 6.61 Å². The highest BCUT2D eigenvalue weighted by Crippen LogP contribution is 2.47. The van der Waals surface area contributed by atoms with E-state index in [0.717, 1.165) is 27.7 Å². The monoisotopic (exact) mass is 379 g/mol. The van der Waals surface area contributed by atoms with Gasteiger partial charge in [-0.05, 0) is 66.2 Å². The number of fused-ring (bicyclic) bond motifs is 3. The summed E-state index contributed by atoms with van der Waals surface area (Å²) in [7, 11) is 0. The van der Waals surface area contributed by atoms with Gasteiger partial charge >= 0.3 is 5.97 Å². The zero-order valence-electron chi connectivity index (χ0n) is 13.3. The van der Waals surface area contributed by atoms with Crippen LogP contribution >= 0.6 is 15.9 Å². The Morgan fingerprint density at radius 2 is 2.35 bits per heavy atom. The molecule has 1 heterocycles. The average Bonchev–Trinajstić information content (AvgIpc) is 3.05. The van der Waals surface area contributed by atoms with Crippen molar-refractivity contribution in [1.82, 2.24) is 4.98 Å². The van der Waals surface area contributed by atoms with Crippen molar-refractivity contribution in [1.29, 1.82) is 0 Å². The van der Waals surface area contributed by atoms with Crippen molar-refractivity contribution in [2.24, 2.45) is 0 Å². The van der Waals surface area contributed by atoms with Crippen LogP contribution in [0.2, 0.25) is 0 Å². The number of allylic oxidation sites excluding steroid dienone is 1. The third-order valence-corrected chi connectivity index (χ3v) is 5.48. The Labute approximate surface area is 143 Å². The second-order valence-corrected chi connectivity index (χ2v) is 6.81. The lowest BCUT2D eigenvalue weighted by atomic mass is 9.82. The number of benzene rings is 1. The van der Waals surface area contributed by atoms with Gasteiger partial charge in [0.15, 0.2) is 0 Å². The Kier molecular flexibility index (Phi) is 4.08. The van der Waals surface area contributed by atoms with Crippen molar-refractivity contribution >= 4 is 32.8 Å². The van der Waals surface area contributed by atoms with Gasteiger partial charge in [-0.25, -0.2) is 4.39 Å². The molecule has 0 bridgehead atoms. The van der Waals surface area contributed by atoms with Crippen LogP contribution in [0.5, 0.6) is 0 Å². The highest BCUT2D eigenvalue weighted by molar-refractivity contribution is 9.10. The molecule has 0 saturated heterocycles. The maximum atomic E-state index is 14.1. The van der Waals surface area contributed by atoms with E-state index in [4.69, 9.17) is 4.74 Å². The fraction of sp³-hybridized carbons (Fsp3) is 0.389. The fourth-order valence-electron chi connectivity index (χ4n) is 3.65. The molecule has 1 aromatic heterocycles. The number of nitrogens with one attached hydrogen (secondary N) is 1. The Bertz CT molecular complexity index is 811. The van der Waals surface area contributed by atoms with E-state index < -0.39 is 5.41 Å². The first-order valence-corrected chi connectivity index (χ1v) is 8.53. The molecule has 5 heteroatoms. The Morgan fingerprint density at radius 1 is 1.61 bits per heavy atom. The zero-order valence-corrected chi connectivity index (χ0v) is 14.8. The van der Waals surface area contributed by atoms with Gasteiger partial charge in [0.05, 0.1) is 16.6 Å². The summed E-state index contributed by atoms with van der Waals surface area (Å²) in [5.74, 6) is -0.520. The third kappa shape index (κ3) is 2.24. The van der Waals surface area contributed by atoms with E-state index >= 15 is 0 Å². The molecule has 0 aliphatic heterocycles. The van der Waals surface area contributed by atoms with E-state index in [0.29, 0.717) is 30.3 Å². The number of aryl methyl sites for hydroxylation is 2. The molecule has 23 heavy (non-hydrogen) atoms. The predicted molar refractivity (Wildman–Crippen MR) is 92.1 cm³/mol. The molecule has 3 nitrogen and oxygen atoms in total. The number of ether oxygens (including phenoxy) is 1. The number of rotatable bonds is 4. The van der Waals surface area contributed by atoms with Gasteiger partial charge in [0.2, 0.25) is 0 Å². The lowest BCUT2D eigenvalue weighted by molar-refractivity contribution is -0.150. The molecule has 122 valence electrons. The molecule has 0 saturated carbocycles. The van der Waals surface area contributed by atoms with Crippen LogP contribution in [0, 0.1) is 12.7 Å². The molecule has 1 N–H and O–H groups in total. The van der Waals surface area contributed by atoms with E-state index in [1.807, 2.05) is 6.92 Å². The number of halogens is 2. The largest absolute Gasteiger partial charge is 0.465 e. The van der Waals surface area contributed by atoms with Gasteiger partial charge in [-0.15, -0.1) is 6.58 Å². The summed E-state index contributed by atoms with van der Waals surface area (Å²) in [5.41, 5.74) is 2.81. The summed E-state index contributed by atoms with van der Waals surface area (Å²) < 4.78 is 19.9. The highest BCUT2D eigenvalue weighted by Gasteiger charge is 2.48. The molecular formula is C18H19BrFNO2. The maximum Gasteiger partial charge on any atom is 0.318 e. The summed E-state index contributed by atoms with van der Waals surface area (Å²) in [4.78, 5) is 16.0. The lowest BCUT2D eigenvalue weighted by Crippen LogP contribution is -2.35. The first-order chi connectivity index (χ1) is 11.0. The highest BCUT2D eigenvalue weighted by atomic mass is 79.9. The average molecular weight is 380 g/mol. The van der Waals surface area contributed by atoms with Crippen LogP contribution in [0.15, 0.2) is 23.2 Å². The van der Waals surface area contributed by atoms with Crippen molar-refractivity contribution in [3.63, 3.8) is 0 Å². The number of carbonyl (C=O) groups excluding carboxylic acids is 1. The molecule has 1 unspecified atom stereocenters. The van der Waals surface area contributed by atoms with E-state index in [1.165, 1.54) is 6.07 Å². The first-order valence-electron chi connectivity index (χ1n) is 7.74. The number of esters is 1. The predicted octanol–water partition coefficient (Wildman–Crippen LogP) is 4.70. The van der Waals surface area contributed by atoms with Crippen molar-refractivity contribution < 1.29 is 13.9 Å². The molecule has 0 amide bonds. The van der Waals surface area contributed by atoms with Crippen LogP contribution in [0.25, 0.3) is 10.9 Å². The van der Waals surface area contributed by atoms with Gasteiger partial charge in [-0.2, -0.15) is 0 Å². The second-order valence-electron chi connectivity index (χ2n) is 6.01. The van der Waals surface area contributed by atoms with E-state index in [1.54, 1.807) is 13.0 Å². The van der Waals surface area contributed by atoms with E-state index in [9.17, 15) is 9.18 Å². The SMILES string of the molecule is C=CCC1(C(=O)OCC)CCc2c1[nH]c1c(C)cc(F)c(Br)c21. The Hall–Kier alpha value is -1.62. The topological polar surface area (TPSA) is 42.1 Å². The number of hydrogen-bond acceptors (Lipinski definition) is 2. The van der Waals surface area contributed by atoms with E-state index in [2.05, 4.69) is 27.5 Å². The molecule has 0 radical (unpaired) electrons. The van der Waals surface area contributed by atoms with Crippen LogP contribution in [0.1, 0.15) is 36.6 Å². The standard InChI is InChI=1S/C18H19BrFNO2/c1-4-7-18(17(22)23-5-2)8-6-11-13-14(19)12(20)9-10(3)15(13)21-16(11)18/h4,9,21H,1,5-8H2,2-3H3. The van der Waals surface area contributed by atoms with Gasteiger partial charge in [-0.3, -0.25) is 4.79 Å². The number of aromatic amines is 1. The minimum atomic E-state index is -0.742. The van der Waals surface area contributed by atoms with Gasteiger partial charge in [0.1, 0.15) is 11.2 Å².